The second-order valence-electron chi connectivity index (χ2n) is 5.21. The number of para-hydroxylation sites is 1. The van der Waals surface area contributed by atoms with E-state index in [9.17, 15) is 9.90 Å². The normalized spacial score (nSPS) is 15.9. The van der Waals surface area contributed by atoms with Gasteiger partial charge in [-0.25, -0.2) is 9.48 Å². The maximum absolute atomic E-state index is 11.4. The fraction of sp³-hybridized carbons (Fsp3) is 0.312. The first-order valence-corrected chi connectivity index (χ1v) is 7.57. The molecule has 1 aromatic heterocycles. The number of rotatable bonds is 6. The zero-order valence-electron chi connectivity index (χ0n) is 13.4. The Labute approximate surface area is 138 Å². The van der Waals surface area contributed by atoms with Gasteiger partial charge in [-0.2, -0.15) is 10.1 Å². The van der Waals surface area contributed by atoms with Crippen molar-refractivity contribution in [1.29, 1.82) is 0 Å². The van der Waals surface area contributed by atoms with Crippen molar-refractivity contribution in [2.75, 3.05) is 19.0 Å². The molecule has 2 aromatic rings. The Balaban J connectivity index is 2.12. The number of methoxy groups -OCH3 is 1. The summed E-state index contributed by atoms with van der Waals surface area (Å²) >= 11 is 0. The summed E-state index contributed by atoms with van der Waals surface area (Å²) in [5.74, 6) is 0.472. The van der Waals surface area contributed by atoms with Gasteiger partial charge in [0.25, 0.3) is 0 Å². The number of aliphatic carboxylic acids is 1. The lowest BCUT2D eigenvalue weighted by Crippen LogP contribution is -2.24. The zero-order chi connectivity index (χ0) is 17.1. The van der Waals surface area contributed by atoms with Crippen LogP contribution >= 0.6 is 0 Å². The van der Waals surface area contributed by atoms with Crippen LogP contribution in [0.3, 0.4) is 0 Å². The molecule has 1 unspecified atom stereocenters. The van der Waals surface area contributed by atoms with Crippen molar-refractivity contribution in [3.63, 3.8) is 0 Å². The molecule has 0 bridgehead atoms. The highest BCUT2D eigenvalue weighted by Gasteiger charge is 2.28. The number of hydrogen-bond donors (Lipinski definition) is 2. The Bertz CT molecular complexity index is 784. The van der Waals surface area contributed by atoms with E-state index in [2.05, 4.69) is 15.4 Å². The van der Waals surface area contributed by atoms with Crippen molar-refractivity contribution in [3.8, 4) is 11.5 Å². The minimum absolute atomic E-state index is 0.0461. The largest absolute Gasteiger partial charge is 0.493 e. The number of carbonyl (C=O) groups is 1. The van der Waals surface area contributed by atoms with Gasteiger partial charge in [0.05, 0.1) is 13.7 Å². The molecule has 8 nitrogen and oxygen atoms in total. The van der Waals surface area contributed by atoms with Crippen molar-refractivity contribution in [2.45, 2.75) is 19.4 Å². The predicted octanol–water partition coefficient (Wildman–Crippen LogP) is 2.06. The van der Waals surface area contributed by atoms with Crippen molar-refractivity contribution < 1.29 is 19.4 Å². The number of benzene rings is 1. The molecule has 1 aliphatic rings. The number of fused-ring (bicyclic) bond motifs is 1. The first-order chi connectivity index (χ1) is 11.7. The van der Waals surface area contributed by atoms with Crippen LogP contribution in [0.5, 0.6) is 11.5 Å². The zero-order valence-corrected chi connectivity index (χ0v) is 13.4. The van der Waals surface area contributed by atoms with Crippen LogP contribution in [0.25, 0.3) is 0 Å². The van der Waals surface area contributed by atoms with E-state index in [0.717, 1.165) is 12.0 Å². The minimum atomic E-state index is -1.06. The Morgan fingerprint density at radius 2 is 2.29 bits per heavy atom. The molecule has 3 rings (SSSR count). The highest BCUT2D eigenvalue weighted by atomic mass is 16.5. The molecule has 2 N–H and O–H groups in total. The van der Waals surface area contributed by atoms with Gasteiger partial charge in [0.1, 0.15) is 18.1 Å². The SMILES string of the molecule is CCCOc1c(OC)cccc1C1C=C(C(=O)O)Nc2ncnn21. The van der Waals surface area contributed by atoms with Crippen LogP contribution < -0.4 is 14.8 Å². The summed E-state index contributed by atoms with van der Waals surface area (Å²) in [5.41, 5.74) is 0.805. The standard InChI is InChI=1S/C16H18N4O4/c1-3-7-24-14-10(5-4-6-13(14)23-2)12-8-11(15(21)22)19-16-17-9-18-20(12)16/h4-6,8-9,12H,3,7H2,1-2H3,(H,21,22)(H,17,18,19). The van der Waals surface area contributed by atoms with E-state index < -0.39 is 12.0 Å². The Kier molecular flexibility index (Phi) is 4.37. The molecule has 0 aliphatic carbocycles. The van der Waals surface area contributed by atoms with Gasteiger partial charge in [-0.15, -0.1) is 0 Å². The second-order valence-corrected chi connectivity index (χ2v) is 5.21. The molecular formula is C16H18N4O4. The second kappa shape index (κ2) is 6.61. The molecule has 0 radical (unpaired) electrons. The van der Waals surface area contributed by atoms with Crippen molar-refractivity contribution >= 4 is 11.9 Å². The fourth-order valence-corrected chi connectivity index (χ4v) is 2.57. The maximum Gasteiger partial charge on any atom is 0.352 e. The van der Waals surface area contributed by atoms with Gasteiger partial charge in [0.2, 0.25) is 5.95 Å². The van der Waals surface area contributed by atoms with Gasteiger partial charge in [-0.05, 0) is 18.6 Å². The molecule has 8 heteroatoms. The number of nitrogens with one attached hydrogen (secondary N) is 1. The number of ether oxygens (including phenoxy) is 2. The van der Waals surface area contributed by atoms with Gasteiger partial charge in [-0.3, -0.25) is 0 Å². The molecular weight excluding hydrogens is 312 g/mol. The molecule has 0 fully saturated rings. The van der Waals surface area contributed by atoms with Gasteiger partial charge in [0, 0.05) is 5.56 Å². The highest BCUT2D eigenvalue weighted by Crippen LogP contribution is 2.39. The lowest BCUT2D eigenvalue weighted by Gasteiger charge is -2.25. The summed E-state index contributed by atoms with van der Waals surface area (Å²) in [7, 11) is 1.57. The van der Waals surface area contributed by atoms with Crippen LogP contribution in [-0.2, 0) is 4.79 Å². The molecule has 0 saturated heterocycles. The Morgan fingerprint density at radius 3 is 3.00 bits per heavy atom. The molecule has 24 heavy (non-hydrogen) atoms. The summed E-state index contributed by atoms with van der Waals surface area (Å²) in [6.45, 7) is 2.54. The summed E-state index contributed by atoms with van der Waals surface area (Å²) in [6, 6.07) is 5.04. The smallest absolute Gasteiger partial charge is 0.352 e. The lowest BCUT2D eigenvalue weighted by atomic mass is 10.0. The van der Waals surface area contributed by atoms with E-state index in [1.54, 1.807) is 23.9 Å². The molecule has 1 aliphatic heterocycles. The predicted molar refractivity (Wildman–Crippen MR) is 86.3 cm³/mol. The number of aromatic nitrogens is 3. The van der Waals surface area contributed by atoms with Crippen molar-refractivity contribution in [2.24, 2.45) is 0 Å². The first kappa shape index (κ1) is 15.9. The van der Waals surface area contributed by atoms with Crippen LogP contribution in [0.1, 0.15) is 24.9 Å². The molecule has 2 heterocycles. The van der Waals surface area contributed by atoms with E-state index >= 15 is 0 Å². The number of nitrogens with zero attached hydrogens (tertiary/aromatic N) is 3. The topological polar surface area (TPSA) is 98.5 Å². The van der Waals surface area contributed by atoms with E-state index in [4.69, 9.17) is 9.47 Å². The molecule has 1 aromatic carbocycles. The van der Waals surface area contributed by atoms with Crippen LogP contribution in [0.2, 0.25) is 0 Å². The Morgan fingerprint density at radius 1 is 1.46 bits per heavy atom. The van der Waals surface area contributed by atoms with Crippen LogP contribution in [0, 0.1) is 0 Å². The van der Waals surface area contributed by atoms with Crippen molar-refractivity contribution in [1.82, 2.24) is 14.8 Å². The third-order valence-electron chi connectivity index (χ3n) is 3.64. The average molecular weight is 330 g/mol. The minimum Gasteiger partial charge on any atom is -0.493 e. The van der Waals surface area contributed by atoms with Gasteiger partial charge in [-0.1, -0.05) is 19.1 Å². The van der Waals surface area contributed by atoms with Gasteiger partial charge < -0.3 is 19.9 Å². The molecule has 0 amide bonds. The number of carboxylic acids is 1. The van der Waals surface area contributed by atoms with Gasteiger partial charge in [0.15, 0.2) is 11.5 Å². The molecule has 0 saturated carbocycles. The van der Waals surface area contributed by atoms with E-state index in [-0.39, 0.29) is 5.70 Å². The highest BCUT2D eigenvalue weighted by molar-refractivity contribution is 5.90. The quantitative estimate of drug-likeness (QED) is 0.836. The monoisotopic (exact) mass is 330 g/mol. The summed E-state index contributed by atoms with van der Waals surface area (Å²) in [5, 5.41) is 16.3. The summed E-state index contributed by atoms with van der Waals surface area (Å²) < 4.78 is 12.9. The lowest BCUT2D eigenvalue weighted by molar-refractivity contribution is -0.132. The molecule has 126 valence electrons. The Hall–Kier alpha value is -3.03. The third kappa shape index (κ3) is 2.78. The summed E-state index contributed by atoms with van der Waals surface area (Å²) in [4.78, 5) is 15.5. The van der Waals surface area contributed by atoms with E-state index in [1.165, 1.54) is 6.33 Å². The number of allylic oxidation sites excluding steroid dienone is 1. The maximum atomic E-state index is 11.4. The number of carboxylic acid groups (broad SMARTS) is 1. The summed E-state index contributed by atoms with van der Waals surface area (Å²) in [6.07, 6.45) is 3.80. The van der Waals surface area contributed by atoms with E-state index in [0.29, 0.717) is 24.1 Å². The van der Waals surface area contributed by atoms with E-state index in [1.807, 2.05) is 19.1 Å². The average Bonchev–Trinajstić information content (AvgIpc) is 3.07. The third-order valence-corrected chi connectivity index (χ3v) is 3.64. The van der Waals surface area contributed by atoms with Crippen LogP contribution in [-0.4, -0.2) is 39.6 Å². The van der Waals surface area contributed by atoms with Crippen LogP contribution in [0.4, 0.5) is 5.95 Å². The fourth-order valence-electron chi connectivity index (χ4n) is 2.57. The first-order valence-electron chi connectivity index (χ1n) is 7.57. The number of hydrogen-bond acceptors (Lipinski definition) is 6. The molecule has 0 spiro atoms. The van der Waals surface area contributed by atoms with Gasteiger partial charge >= 0.3 is 5.97 Å². The molecule has 1 atom stereocenters. The van der Waals surface area contributed by atoms with Crippen molar-refractivity contribution in [3.05, 3.63) is 41.9 Å². The number of anilines is 1. The van der Waals surface area contributed by atoms with Crippen LogP contribution in [0.15, 0.2) is 36.3 Å².